The van der Waals surface area contributed by atoms with Gasteiger partial charge in [-0.25, -0.2) is 4.98 Å². The van der Waals surface area contributed by atoms with Crippen LogP contribution in [0.4, 0.5) is 0 Å². The summed E-state index contributed by atoms with van der Waals surface area (Å²) in [6, 6.07) is 8.91. The average Bonchev–Trinajstić information content (AvgIpc) is 3.13. The topological polar surface area (TPSA) is 34.1 Å². The summed E-state index contributed by atoms with van der Waals surface area (Å²) in [4.78, 5) is 5.82. The Labute approximate surface area is 124 Å². The van der Waals surface area contributed by atoms with Gasteiger partial charge in [-0.1, -0.05) is 12.1 Å². The number of hydrogen-bond donors (Lipinski definition) is 1. The van der Waals surface area contributed by atoms with E-state index in [-0.39, 0.29) is 6.10 Å². The van der Waals surface area contributed by atoms with Crippen molar-refractivity contribution in [3.05, 3.63) is 35.3 Å². The molecule has 1 fully saturated rings. The molecule has 1 aromatic carbocycles. The number of hydrogen-bond acceptors (Lipinski definition) is 4. The molecule has 2 aromatic rings. The smallest absolute Gasteiger partial charge is 0.123 e. The molecule has 0 saturated heterocycles. The Kier molecular flexibility index (Phi) is 4.03. The minimum Gasteiger partial charge on any atom is -0.491 e. The summed E-state index contributed by atoms with van der Waals surface area (Å²) in [7, 11) is 0. The number of nitrogens with one attached hydrogen (secondary N) is 1. The van der Waals surface area contributed by atoms with E-state index >= 15 is 0 Å². The van der Waals surface area contributed by atoms with Crippen LogP contribution in [-0.2, 0) is 6.54 Å². The van der Waals surface area contributed by atoms with E-state index in [1.807, 2.05) is 32.2 Å². The molecule has 1 aliphatic rings. The van der Waals surface area contributed by atoms with E-state index in [9.17, 15) is 0 Å². The van der Waals surface area contributed by atoms with Crippen LogP contribution in [0.15, 0.2) is 30.5 Å². The molecule has 20 heavy (non-hydrogen) atoms. The van der Waals surface area contributed by atoms with Crippen LogP contribution in [0.1, 0.15) is 31.6 Å². The van der Waals surface area contributed by atoms with Crippen LogP contribution in [0.3, 0.4) is 0 Å². The summed E-state index contributed by atoms with van der Waals surface area (Å²) in [6.45, 7) is 5.01. The number of ether oxygens (including phenoxy) is 1. The van der Waals surface area contributed by atoms with Gasteiger partial charge in [0.2, 0.25) is 0 Å². The molecule has 0 bridgehead atoms. The zero-order valence-corrected chi connectivity index (χ0v) is 12.7. The van der Waals surface area contributed by atoms with Crippen LogP contribution in [0.25, 0.3) is 10.6 Å². The van der Waals surface area contributed by atoms with Crippen molar-refractivity contribution in [3.63, 3.8) is 0 Å². The molecule has 3 rings (SSSR count). The lowest BCUT2D eigenvalue weighted by atomic mass is 10.2. The molecular weight excluding hydrogens is 268 g/mol. The van der Waals surface area contributed by atoms with Gasteiger partial charge in [-0.2, -0.15) is 0 Å². The lowest BCUT2D eigenvalue weighted by Gasteiger charge is -2.09. The fourth-order valence-electron chi connectivity index (χ4n) is 2.03. The maximum atomic E-state index is 5.73. The number of nitrogens with zero attached hydrogens (tertiary/aromatic N) is 1. The first-order valence-electron chi connectivity index (χ1n) is 7.16. The van der Waals surface area contributed by atoms with Crippen molar-refractivity contribution in [2.75, 3.05) is 0 Å². The Hall–Kier alpha value is -1.39. The van der Waals surface area contributed by atoms with Crippen molar-refractivity contribution in [3.8, 4) is 16.3 Å². The zero-order chi connectivity index (χ0) is 13.9. The molecule has 0 unspecified atom stereocenters. The number of thiazole rings is 1. The van der Waals surface area contributed by atoms with Gasteiger partial charge in [0.25, 0.3) is 0 Å². The molecule has 1 N–H and O–H groups in total. The third-order valence-corrected chi connectivity index (χ3v) is 4.20. The Morgan fingerprint density at radius 3 is 3.00 bits per heavy atom. The molecule has 0 spiro atoms. The van der Waals surface area contributed by atoms with Crippen LogP contribution in [0.2, 0.25) is 0 Å². The minimum atomic E-state index is 0.194. The highest BCUT2D eigenvalue weighted by Crippen LogP contribution is 2.29. The lowest BCUT2D eigenvalue weighted by Crippen LogP contribution is -2.14. The van der Waals surface area contributed by atoms with Crippen LogP contribution in [0.5, 0.6) is 5.75 Å². The molecule has 106 valence electrons. The largest absolute Gasteiger partial charge is 0.491 e. The van der Waals surface area contributed by atoms with Crippen LogP contribution < -0.4 is 10.1 Å². The predicted octanol–water partition coefficient (Wildman–Crippen LogP) is 3.85. The number of aromatic nitrogens is 1. The molecular formula is C16H20N2OS. The van der Waals surface area contributed by atoms with Gasteiger partial charge >= 0.3 is 0 Å². The maximum absolute atomic E-state index is 5.73. The first kappa shape index (κ1) is 13.6. The molecule has 0 atom stereocenters. The third-order valence-electron chi connectivity index (χ3n) is 3.15. The first-order chi connectivity index (χ1) is 9.70. The summed E-state index contributed by atoms with van der Waals surface area (Å²) in [5.41, 5.74) is 1.13. The van der Waals surface area contributed by atoms with Gasteiger partial charge in [0.05, 0.1) is 6.10 Å². The van der Waals surface area contributed by atoms with E-state index in [1.54, 1.807) is 11.3 Å². The fraction of sp³-hybridized carbons (Fsp3) is 0.438. The van der Waals surface area contributed by atoms with Gasteiger partial charge in [0, 0.05) is 29.2 Å². The third kappa shape index (κ3) is 3.58. The van der Waals surface area contributed by atoms with E-state index < -0.39 is 0 Å². The molecule has 4 heteroatoms. The summed E-state index contributed by atoms with van der Waals surface area (Å²) < 4.78 is 5.73. The SMILES string of the molecule is CC(C)Oc1cccc(-c2ncc(CNC3CC3)s2)c1. The van der Waals surface area contributed by atoms with Gasteiger partial charge in [-0.15, -0.1) is 11.3 Å². The Balaban J connectivity index is 1.71. The second-order valence-electron chi connectivity index (χ2n) is 5.48. The second-order valence-corrected chi connectivity index (χ2v) is 6.60. The van der Waals surface area contributed by atoms with E-state index in [4.69, 9.17) is 4.74 Å². The van der Waals surface area contributed by atoms with Crippen molar-refractivity contribution in [2.45, 2.75) is 45.4 Å². The zero-order valence-electron chi connectivity index (χ0n) is 11.9. The fourth-order valence-corrected chi connectivity index (χ4v) is 2.89. The predicted molar refractivity (Wildman–Crippen MR) is 83.2 cm³/mol. The van der Waals surface area contributed by atoms with Crippen molar-refractivity contribution in [1.82, 2.24) is 10.3 Å². The maximum Gasteiger partial charge on any atom is 0.123 e. The first-order valence-corrected chi connectivity index (χ1v) is 7.97. The number of rotatable bonds is 6. The molecule has 0 radical (unpaired) electrons. The Morgan fingerprint density at radius 1 is 1.40 bits per heavy atom. The van der Waals surface area contributed by atoms with Gasteiger partial charge in [-0.05, 0) is 38.8 Å². The quantitative estimate of drug-likeness (QED) is 0.876. The Morgan fingerprint density at radius 2 is 2.25 bits per heavy atom. The average molecular weight is 288 g/mol. The molecule has 1 heterocycles. The van der Waals surface area contributed by atoms with Crippen molar-refractivity contribution >= 4 is 11.3 Å². The van der Waals surface area contributed by atoms with Gasteiger partial charge in [-0.3, -0.25) is 0 Å². The second kappa shape index (κ2) is 5.94. The minimum absolute atomic E-state index is 0.194. The highest BCUT2D eigenvalue weighted by molar-refractivity contribution is 7.15. The van der Waals surface area contributed by atoms with Crippen LogP contribution >= 0.6 is 11.3 Å². The van der Waals surface area contributed by atoms with Gasteiger partial charge in [0.1, 0.15) is 10.8 Å². The molecule has 3 nitrogen and oxygen atoms in total. The van der Waals surface area contributed by atoms with E-state index in [0.29, 0.717) is 0 Å². The monoisotopic (exact) mass is 288 g/mol. The molecule has 1 aliphatic carbocycles. The standard InChI is InChI=1S/C16H20N2OS/c1-11(2)19-14-5-3-4-12(8-14)16-18-10-15(20-16)9-17-13-6-7-13/h3-5,8,10-11,13,17H,6-7,9H2,1-2H3. The molecule has 0 aliphatic heterocycles. The Bertz CT molecular complexity index is 575. The summed E-state index contributed by atoms with van der Waals surface area (Å²) in [6.07, 6.45) is 4.81. The van der Waals surface area contributed by atoms with Gasteiger partial charge < -0.3 is 10.1 Å². The summed E-state index contributed by atoms with van der Waals surface area (Å²) in [5, 5.41) is 4.58. The van der Waals surface area contributed by atoms with E-state index in [1.165, 1.54) is 17.7 Å². The molecule has 0 amide bonds. The van der Waals surface area contributed by atoms with E-state index in [2.05, 4.69) is 22.4 Å². The van der Waals surface area contributed by atoms with Crippen LogP contribution in [-0.4, -0.2) is 17.1 Å². The number of benzene rings is 1. The van der Waals surface area contributed by atoms with Crippen molar-refractivity contribution in [1.29, 1.82) is 0 Å². The molecule has 1 saturated carbocycles. The van der Waals surface area contributed by atoms with Crippen molar-refractivity contribution < 1.29 is 4.74 Å². The summed E-state index contributed by atoms with van der Waals surface area (Å²) in [5.74, 6) is 0.908. The van der Waals surface area contributed by atoms with E-state index in [0.717, 1.165) is 28.9 Å². The van der Waals surface area contributed by atoms with Crippen LogP contribution in [0, 0.1) is 0 Å². The van der Waals surface area contributed by atoms with Crippen molar-refractivity contribution in [2.24, 2.45) is 0 Å². The van der Waals surface area contributed by atoms with Gasteiger partial charge in [0.15, 0.2) is 0 Å². The molecule has 1 aromatic heterocycles. The highest BCUT2D eigenvalue weighted by atomic mass is 32.1. The highest BCUT2D eigenvalue weighted by Gasteiger charge is 2.20. The summed E-state index contributed by atoms with van der Waals surface area (Å²) >= 11 is 1.75. The lowest BCUT2D eigenvalue weighted by molar-refractivity contribution is 0.242. The normalized spacial score (nSPS) is 14.8.